The average Bonchev–Trinajstić information content (AvgIpc) is 3.46. The minimum Gasteiger partial charge on any atom is -0.400 e. The number of anilines is 2. The summed E-state index contributed by atoms with van der Waals surface area (Å²) in [6, 6.07) is 8.46. The Morgan fingerprint density at radius 2 is 1.85 bits per heavy atom. The number of hydrogen-bond donors (Lipinski definition) is 5. The van der Waals surface area contributed by atoms with Gasteiger partial charge in [-0.2, -0.15) is 4.98 Å². The second-order valence-corrected chi connectivity index (χ2v) is 11.0. The molecule has 0 bridgehead atoms. The zero-order valence-corrected chi connectivity index (χ0v) is 23.7. The number of aliphatic imine (C=N–C) groups is 1. The number of fused-ring (bicyclic) bond motifs is 1. The van der Waals surface area contributed by atoms with Crippen molar-refractivity contribution in [3.05, 3.63) is 57.7 Å². The number of aliphatic hydroxyl groups excluding tert-OH is 3. The standard InChI is InChI=1S/C28H34N6O2S.CH4O/c1-16-6-8-19(9-7-16)17(2)30-28-31-18(3)25(26(34-28)32-21-13-20(15-35)23(36)14-21)27-33-22-10-12-29-11-4-5-24(22)37-27;1-2/h4-9,12,17,20-21,23,35-36H,10-11,13-15H2,1-3H3,(H2,30,31,32,34);2H,1H3/t17-,20?,21?,23+;/m1./s1. The van der Waals surface area contributed by atoms with Gasteiger partial charge in [0.15, 0.2) is 0 Å². The van der Waals surface area contributed by atoms with Gasteiger partial charge in [0.25, 0.3) is 0 Å². The van der Waals surface area contributed by atoms with Crippen LogP contribution in [0.25, 0.3) is 16.6 Å². The molecule has 0 radical (unpaired) electrons. The monoisotopic (exact) mass is 550 g/mol. The molecule has 5 rings (SSSR count). The summed E-state index contributed by atoms with van der Waals surface area (Å²) >= 11 is 1.63. The Bertz CT molecular complexity index is 1310. The Morgan fingerprint density at radius 3 is 2.56 bits per heavy atom. The number of nitrogens with zero attached hydrogens (tertiary/aromatic N) is 4. The van der Waals surface area contributed by atoms with E-state index in [1.807, 2.05) is 19.2 Å². The summed E-state index contributed by atoms with van der Waals surface area (Å²) in [5.74, 6) is 1.10. The Morgan fingerprint density at radius 1 is 1.08 bits per heavy atom. The van der Waals surface area contributed by atoms with Gasteiger partial charge in [0.2, 0.25) is 5.95 Å². The molecular formula is C29H38N6O3S. The Labute approximate surface area is 233 Å². The van der Waals surface area contributed by atoms with Crippen molar-refractivity contribution in [3.63, 3.8) is 0 Å². The maximum absolute atomic E-state index is 10.4. The first-order chi connectivity index (χ1) is 18.9. The fraction of sp³-hybridized carbons (Fsp3) is 0.448. The van der Waals surface area contributed by atoms with Gasteiger partial charge in [-0.3, -0.25) is 4.99 Å². The topological polar surface area (TPSA) is 136 Å². The summed E-state index contributed by atoms with van der Waals surface area (Å²) in [6.45, 7) is 6.81. The molecule has 1 aromatic carbocycles. The van der Waals surface area contributed by atoms with E-state index in [0.29, 0.717) is 37.6 Å². The fourth-order valence-electron chi connectivity index (χ4n) is 4.93. The Kier molecular flexibility index (Phi) is 9.79. The van der Waals surface area contributed by atoms with E-state index in [1.165, 1.54) is 5.56 Å². The van der Waals surface area contributed by atoms with Crippen LogP contribution in [0.2, 0.25) is 0 Å². The van der Waals surface area contributed by atoms with Crippen molar-refractivity contribution in [2.24, 2.45) is 10.9 Å². The fourth-order valence-corrected chi connectivity index (χ4v) is 6.05. The lowest BCUT2D eigenvalue weighted by Gasteiger charge is -2.20. The number of benzene rings is 1. The van der Waals surface area contributed by atoms with Crippen LogP contribution < -0.4 is 10.6 Å². The van der Waals surface area contributed by atoms with Crippen LogP contribution in [0.3, 0.4) is 0 Å². The Balaban J connectivity index is 0.00000172. The van der Waals surface area contributed by atoms with E-state index in [1.54, 1.807) is 11.3 Å². The van der Waals surface area contributed by atoms with Crippen LogP contribution in [0.15, 0.2) is 35.3 Å². The largest absolute Gasteiger partial charge is 0.400 e. The first kappa shape index (κ1) is 28.8. The van der Waals surface area contributed by atoms with Crippen LogP contribution in [-0.4, -0.2) is 68.9 Å². The van der Waals surface area contributed by atoms with Crippen LogP contribution in [0.5, 0.6) is 0 Å². The van der Waals surface area contributed by atoms with Crippen molar-refractivity contribution < 1.29 is 15.3 Å². The normalized spacial score (nSPS) is 20.8. The lowest BCUT2D eigenvalue weighted by Crippen LogP contribution is -2.20. The molecule has 1 saturated carbocycles. The molecule has 1 aliphatic heterocycles. The number of aryl methyl sites for hydroxylation is 2. The van der Waals surface area contributed by atoms with E-state index in [-0.39, 0.29) is 24.6 Å². The van der Waals surface area contributed by atoms with Gasteiger partial charge in [0, 0.05) is 38.3 Å². The van der Waals surface area contributed by atoms with Crippen molar-refractivity contribution in [2.45, 2.75) is 58.2 Å². The molecule has 1 fully saturated rings. The van der Waals surface area contributed by atoms with E-state index in [4.69, 9.17) is 20.1 Å². The number of rotatable bonds is 7. The molecule has 39 heavy (non-hydrogen) atoms. The predicted molar refractivity (Wildman–Crippen MR) is 159 cm³/mol. The lowest BCUT2D eigenvalue weighted by molar-refractivity contribution is 0.0908. The third-order valence-electron chi connectivity index (χ3n) is 7.08. The van der Waals surface area contributed by atoms with Crippen LogP contribution in [-0.2, 0) is 6.42 Å². The number of aliphatic hydroxyl groups is 3. The molecule has 2 aromatic heterocycles. The summed E-state index contributed by atoms with van der Waals surface area (Å²) in [5, 5.41) is 34.9. The average molecular weight is 551 g/mol. The van der Waals surface area contributed by atoms with Crippen LogP contribution in [0.1, 0.15) is 53.2 Å². The molecule has 3 heterocycles. The van der Waals surface area contributed by atoms with Crippen molar-refractivity contribution in [3.8, 4) is 10.6 Å². The van der Waals surface area contributed by atoms with E-state index in [0.717, 1.165) is 39.5 Å². The molecule has 5 N–H and O–H groups in total. The van der Waals surface area contributed by atoms with Gasteiger partial charge in [0.1, 0.15) is 10.8 Å². The summed E-state index contributed by atoms with van der Waals surface area (Å²) in [7, 11) is 1.00. The highest BCUT2D eigenvalue weighted by Crippen LogP contribution is 2.38. The highest BCUT2D eigenvalue weighted by molar-refractivity contribution is 7.16. The molecule has 2 aliphatic rings. The molecule has 10 heteroatoms. The molecule has 0 saturated heterocycles. The molecule has 1 aliphatic carbocycles. The van der Waals surface area contributed by atoms with Gasteiger partial charge < -0.3 is 26.0 Å². The van der Waals surface area contributed by atoms with E-state index >= 15 is 0 Å². The van der Waals surface area contributed by atoms with Gasteiger partial charge in [-0.05, 0) is 45.3 Å². The number of aromatic nitrogens is 3. The smallest absolute Gasteiger partial charge is 0.225 e. The summed E-state index contributed by atoms with van der Waals surface area (Å²) < 4.78 is 0. The first-order valence-electron chi connectivity index (χ1n) is 13.3. The lowest BCUT2D eigenvalue weighted by atomic mass is 10.1. The number of thiazole rings is 1. The highest BCUT2D eigenvalue weighted by atomic mass is 32.1. The van der Waals surface area contributed by atoms with Crippen LogP contribution >= 0.6 is 11.3 Å². The maximum atomic E-state index is 10.4. The number of nitrogens with one attached hydrogen (secondary N) is 2. The highest BCUT2D eigenvalue weighted by Gasteiger charge is 2.33. The third-order valence-corrected chi connectivity index (χ3v) is 8.16. The first-order valence-corrected chi connectivity index (χ1v) is 14.1. The molecule has 208 valence electrons. The second-order valence-electron chi connectivity index (χ2n) is 9.94. The quantitative estimate of drug-likeness (QED) is 0.296. The molecule has 3 aromatic rings. The van der Waals surface area contributed by atoms with E-state index in [9.17, 15) is 10.2 Å². The van der Waals surface area contributed by atoms with E-state index < -0.39 is 6.10 Å². The van der Waals surface area contributed by atoms with Gasteiger partial charge in [0.05, 0.1) is 40.5 Å². The molecule has 0 spiro atoms. The van der Waals surface area contributed by atoms with Gasteiger partial charge in [-0.25, -0.2) is 9.97 Å². The van der Waals surface area contributed by atoms with E-state index in [2.05, 4.69) is 59.8 Å². The zero-order chi connectivity index (χ0) is 27.9. The molecule has 9 nitrogen and oxygen atoms in total. The predicted octanol–water partition coefficient (Wildman–Crippen LogP) is 4.18. The summed E-state index contributed by atoms with van der Waals surface area (Å²) in [6.07, 6.45) is 7.46. The van der Waals surface area contributed by atoms with Crippen molar-refractivity contribution >= 4 is 35.4 Å². The number of hydrogen-bond acceptors (Lipinski definition) is 10. The molecule has 2 unspecified atom stereocenters. The zero-order valence-electron chi connectivity index (χ0n) is 22.9. The molecule has 4 atom stereocenters. The van der Waals surface area contributed by atoms with Gasteiger partial charge in [-0.1, -0.05) is 35.9 Å². The van der Waals surface area contributed by atoms with Crippen molar-refractivity contribution in [1.82, 2.24) is 15.0 Å². The summed E-state index contributed by atoms with van der Waals surface area (Å²) in [4.78, 5) is 20.2. The minimum absolute atomic E-state index is 0.00409. The third kappa shape index (κ3) is 6.88. The van der Waals surface area contributed by atoms with Crippen molar-refractivity contribution in [2.75, 3.05) is 30.9 Å². The van der Waals surface area contributed by atoms with Crippen molar-refractivity contribution in [1.29, 1.82) is 0 Å². The summed E-state index contributed by atoms with van der Waals surface area (Å²) in [5.41, 5.74) is 5.07. The minimum atomic E-state index is -0.530. The maximum Gasteiger partial charge on any atom is 0.225 e. The van der Waals surface area contributed by atoms with Crippen LogP contribution in [0.4, 0.5) is 11.8 Å². The molecular weight excluding hydrogens is 512 g/mol. The second kappa shape index (κ2) is 13.3. The SMILES string of the molecule is CO.Cc1ccc([C@@H](C)Nc2nc(C)c(-c3nc4c(s3)C=CCN=CC4)c(NC3CC(CO)[C@@H](O)C3)n2)cc1. The van der Waals surface area contributed by atoms with Gasteiger partial charge >= 0.3 is 0 Å². The Hall–Kier alpha value is -3.18. The van der Waals surface area contributed by atoms with Crippen LogP contribution in [0, 0.1) is 19.8 Å². The van der Waals surface area contributed by atoms with Gasteiger partial charge in [-0.15, -0.1) is 11.3 Å². The molecule has 0 amide bonds.